The van der Waals surface area contributed by atoms with Gasteiger partial charge in [0.1, 0.15) is 0 Å². The first kappa shape index (κ1) is 8.59. The van der Waals surface area contributed by atoms with E-state index in [0.717, 1.165) is 0 Å². The standard InChI is InChI=1S/C9H11NO2/c1-3-12-8(2)10-6-4-9(11)5-7-10/h4-7H,2-3H2,1H3. The van der Waals surface area contributed by atoms with Gasteiger partial charge in [0.05, 0.1) is 6.61 Å². The Labute approximate surface area is 70.9 Å². The predicted molar refractivity (Wildman–Crippen MR) is 47.7 cm³/mol. The molecule has 1 aromatic heterocycles. The average molecular weight is 165 g/mol. The lowest BCUT2D eigenvalue weighted by atomic mass is 10.5. The first-order valence-corrected chi connectivity index (χ1v) is 3.74. The number of hydrogen-bond acceptors (Lipinski definition) is 2. The topological polar surface area (TPSA) is 31.2 Å². The van der Waals surface area contributed by atoms with Gasteiger partial charge in [0.25, 0.3) is 0 Å². The van der Waals surface area contributed by atoms with E-state index >= 15 is 0 Å². The van der Waals surface area contributed by atoms with Crippen molar-refractivity contribution in [2.45, 2.75) is 6.92 Å². The molecule has 0 radical (unpaired) electrons. The van der Waals surface area contributed by atoms with E-state index in [-0.39, 0.29) is 5.43 Å². The highest BCUT2D eigenvalue weighted by Crippen LogP contribution is 2.00. The second-order valence-corrected chi connectivity index (χ2v) is 2.27. The molecule has 0 fully saturated rings. The lowest BCUT2D eigenvalue weighted by Gasteiger charge is -2.08. The molecule has 0 amide bonds. The minimum atomic E-state index is -0.0180. The number of nitrogens with zero attached hydrogens (tertiary/aromatic N) is 1. The van der Waals surface area contributed by atoms with Crippen LogP contribution in [0.5, 0.6) is 0 Å². The maximum Gasteiger partial charge on any atom is 0.190 e. The molecule has 0 saturated carbocycles. The molecule has 3 nitrogen and oxygen atoms in total. The molecule has 0 aliphatic carbocycles. The molecular weight excluding hydrogens is 154 g/mol. The van der Waals surface area contributed by atoms with Gasteiger partial charge in [0.2, 0.25) is 0 Å². The Morgan fingerprint density at radius 1 is 1.58 bits per heavy atom. The van der Waals surface area contributed by atoms with Crippen molar-refractivity contribution in [1.82, 2.24) is 4.57 Å². The van der Waals surface area contributed by atoms with E-state index in [2.05, 4.69) is 6.58 Å². The van der Waals surface area contributed by atoms with Crippen LogP contribution in [0.3, 0.4) is 0 Å². The molecule has 1 heterocycles. The van der Waals surface area contributed by atoms with Crippen molar-refractivity contribution in [1.29, 1.82) is 0 Å². The number of hydrogen-bond donors (Lipinski definition) is 0. The van der Waals surface area contributed by atoms with Crippen LogP contribution in [-0.2, 0) is 4.74 Å². The molecule has 64 valence electrons. The lowest BCUT2D eigenvalue weighted by Crippen LogP contribution is -2.04. The average Bonchev–Trinajstić information content (AvgIpc) is 2.06. The van der Waals surface area contributed by atoms with E-state index in [4.69, 9.17) is 4.74 Å². The van der Waals surface area contributed by atoms with Gasteiger partial charge in [-0.1, -0.05) is 0 Å². The van der Waals surface area contributed by atoms with Crippen LogP contribution in [0.25, 0.3) is 5.88 Å². The number of ether oxygens (including phenoxy) is 1. The summed E-state index contributed by atoms with van der Waals surface area (Å²) in [6.45, 7) is 6.14. The molecule has 3 heteroatoms. The van der Waals surface area contributed by atoms with Gasteiger partial charge in [-0.3, -0.25) is 9.36 Å². The Balaban J connectivity index is 2.82. The van der Waals surface area contributed by atoms with Gasteiger partial charge < -0.3 is 4.74 Å². The molecule has 0 aliphatic heterocycles. The third kappa shape index (κ3) is 1.99. The van der Waals surface area contributed by atoms with Gasteiger partial charge >= 0.3 is 0 Å². The van der Waals surface area contributed by atoms with Crippen molar-refractivity contribution < 1.29 is 4.74 Å². The van der Waals surface area contributed by atoms with Crippen molar-refractivity contribution in [3.05, 3.63) is 41.3 Å². The molecule has 0 aromatic carbocycles. The largest absolute Gasteiger partial charge is 0.479 e. The first-order valence-electron chi connectivity index (χ1n) is 3.74. The molecular formula is C9H11NO2. The molecule has 1 rings (SSSR count). The highest BCUT2D eigenvalue weighted by molar-refractivity contribution is 5.31. The van der Waals surface area contributed by atoms with Gasteiger partial charge in [0.15, 0.2) is 11.3 Å². The zero-order chi connectivity index (χ0) is 8.97. The minimum Gasteiger partial charge on any atom is -0.479 e. The zero-order valence-electron chi connectivity index (χ0n) is 6.99. The summed E-state index contributed by atoms with van der Waals surface area (Å²) in [6.07, 6.45) is 3.25. The van der Waals surface area contributed by atoms with Crippen LogP contribution >= 0.6 is 0 Å². The molecule has 0 bridgehead atoms. The third-order valence-electron chi connectivity index (χ3n) is 1.40. The highest BCUT2D eigenvalue weighted by atomic mass is 16.5. The second kappa shape index (κ2) is 3.76. The van der Waals surface area contributed by atoms with Crippen molar-refractivity contribution >= 4 is 5.88 Å². The monoisotopic (exact) mass is 165 g/mol. The van der Waals surface area contributed by atoms with Crippen molar-refractivity contribution in [3.8, 4) is 0 Å². The number of rotatable bonds is 3. The second-order valence-electron chi connectivity index (χ2n) is 2.27. The molecule has 0 saturated heterocycles. The molecule has 0 aliphatic rings. The number of pyridine rings is 1. The van der Waals surface area contributed by atoms with Crippen LogP contribution in [0, 0.1) is 0 Å². The summed E-state index contributed by atoms with van der Waals surface area (Å²) in [5.41, 5.74) is -0.0180. The van der Waals surface area contributed by atoms with Crippen LogP contribution in [-0.4, -0.2) is 11.2 Å². The van der Waals surface area contributed by atoms with Gasteiger partial charge in [-0.05, 0) is 13.5 Å². The normalized spacial score (nSPS) is 9.42. The molecule has 1 aromatic rings. The third-order valence-corrected chi connectivity index (χ3v) is 1.40. The summed E-state index contributed by atoms with van der Waals surface area (Å²) in [4.78, 5) is 10.7. The smallest absolute Gasteiger partial charge is 0.190 e. The van der Waals surface area contributed by atoms with Crippen molar-refractivity contribution in [2.24, 2.45) is 0 Å². The van der Waals surface area contributed by atoms with Crippen LogP contribution < -0.4 is 5.43 Å². The van der Waals surface area contributed by atoms with Gasteiger partial charge in [-0.25, -0.2) is 0 Å². The van der Waals surface area contributed by atoms with E-state index in [1.807, 2.05) is 6.92 Å². The van der Waals surface area contributed by atoms with Gasteiger partial charge in [0, 0.05) is 24.5 Å². The quantitative estimate of drug-likeness (QED) is 0.632. The van der Waals surface area contributed by atoms with E-state index in [1.54, 1.807) is 17.0 Å². The van der Waals surface area contributed by atoms with E-state index in [9.17, 15) is 4.79 Å². The highest BCUT2D eigenvalue weighted by Gasteiger charge is 1.93. The molecule has 0 unspecified atom stereocenters. The molecule has 0 atom stereocenters. The maximum absolute atomic E-state index is 10.7. The Morgan fingerprint density at radius 2 is 2.17 bits per heavy atom. The minimum absolute atomic E-state index is 0.0180. The fraction of sp³-hybridized carbons (Fsp3) is 0.222. The van der Waals surface area contributed by atoms with Crippen molar-refractivity contribution in [3.63, 3.8) is 0 Å². The summed E-state index contributed by atoms with van der Waals surface area (Å²) < 4.78 is 6.79. The van der Waals surface area contributed by atoms with Crippen LogP contribution in [0.1, 0.15) is 6.92 Å². The summed E-state index contributed by atoms with van der Waals surface area (Å²) in [6, 6.07) is 2.92. The van der Waals surface area contributed by atoms with Gasteiger partial charge in [-0.15, -0.1) is 0 Å². The Bertz CT molecular complexity index is 307. The Kier molecular flexibility index (Phi) is 2.69. The van der Waals surface area contributed by atoms with Crippen LogP contribution in [0.2, 0.25) is 0 Å². The first-order chi connectivity index (χ1) is 5.74. The summed E-state index contributed by atoms with van der Waals surface area (Å²) >= 11 is 0. The molecule has 12 heavy (non-hydrogen) atoms. The number of aromatic nitrogens is 1. The van der Waals surface area contributed by atoms with Gasteiger partial charge in [-0.2, -0.15) is 0 Å². The Morgan fingerprint density at radius 3 is 2.67 bits per heavy atom. The van der Waals surface area contributed by atoms with E-state index in [1.165, 1.54) is 12.1 Å². The summed E-state index contributed by atoms with van der Waals surface area (Å²) in [5.74, 6) is 0.525. The lowest BCUT2D eigenvalue weighted by molar-refractivity contribution is 0.278. The zero-order valence-corrected chi connectivity index (χ0v) is 6.99. The maximum atomic E-state index is 10.7. The van der Waals surface area contributed by atoms with Crippen LogP contribution in [0.15, 0.2) is 35.9 Å². The summed E-state index contributed by atoms with van der Waals surface area (Å²) in [7, 11) is 0. The Hall–Kier alpha value is -1.51. The summed E-state index contributed by atoms with van der Waals surface area (Å²) in [5, 5.41) is 0. The van der Waals surface area contributed by atoms with E-state index < -0.39 is 0 Å². The fourth-order valence-corrected chi connectivity index (χ4v) is 0.820. The molecule has 0 spiro atoms. The SMILES string of the molecule is C=C(OCC)n1ccc(=O)cc1. The van der Waals surface area contributed by atoms with Crippen molar-refractivity contribution in [2.75, 3.05) is 6.61 Å². The predicted octanol–water partition coefficient (Wildman–Crippen LogP) is 1.31. The van der Waals surface area contributed by atoms with Crippen LogP contribution in [0.4, 0.5) is 0 Å². The van der Waals surface area contributed by atoms with E-state index in [0.29, 0.717) is 12.5 Å². The molecule has 0 N–H and O–H groups in total. The fourth-order valence-electron chi connectivity index (χ4n) is 0.820.